The lowest BCUT2D eigenvalue weighted by molar-refractivity contribution is -0.433. The summed E-state index contributed by atoms with van der Waals surface area (Å²) in [5, 5.41) is 21.5. The van der Waals surface area contributed by atoms with Crippen molar-refractivity contribution >= 4 is 18.0 Å². The molecule has 0 aromatic heterocycles. The number of rotatable bonds is 5. The molecule has 4 bridgehead atoms. The van der Waals surface area contributed by atoms with E-state index in [1.54, 1.807) is 0 Å². The predicted octanol–water partition coefficient (Wildman–Crippen LogP) is 2.86. The number of alkyl halides is 3. The van der Waals surface area contributed by atoms with E-state index in [-0.39, 0.29) is 29.8 Å². The first-order valence-electron chi connectivity index (χ1n) is 7.74. The molecule has 0 amide bonds. The van der Waals surface area contributed by atoms with Gasteiger partial charge in [-0.1, -0.05) is 5.04 Å². The molecule has 3 unspecified atom stereocenters. The molecule has 3 atom stereocenters. The van der Waals surface area contributed by atoms with Crippen LogP contribution in [0.2, 0.25) is 0 Å². The molecule has 4 aliphatic rings. The minimum absolute atomic E-state index is 0.0362. The number of aliphatic hydroxyl groups excluding tert-OH is 1. The van der Waals surface area contributed by atoms with Crippen LogP contribution in [0.15, 0.2) is 0 Å². The summed E-state index contributed by atoms with van der Waals surface area (Å²) in [5.41, 5.74) is -0.958. The van der Waals surface area contributed by atoms with Crippen molar-refractivity contribution in [3.8, 4) is 0 Å². The largest absolute Gasteiger partial charge is 0.458 e. The summed E-state index contributed by atoms with van der Waals surface area (Å²) < 4.78 is 46.2. The van der Waals surface area contributed by atoms with Crippen LogP contribution < -0.4 is 0 Å². The highest BCUT2D eigenvalue weighted by atomic mass is 32.2. The van der Waals surface area contributed by atoms with Crippen molar-refractivity contribution in [3.63, 3.8) is 0 Å². The van der Waals surface area contributed by atoms with Gasteiger partial charge >= 0.3 is 12.1 Å². The number of ether oxygens (including phenoxy) is 1. The van der Waals surface area contributed by atoms with Gasteiger partial charge in [-0.15, -0.1) is 4.33 Å². The molecule has 4 saturated carbocycles. The van der Waals surface area contributed by atoms with Crippen molar-refractivity contribution in [2.45, 2.75) is 61.7 Å². The fourth-order valence-electron chi connectivity index (χ4n) is 4.62. The Labute approximate surface area is 140 Å². The number of esters is 1. The van der Waals surface area contributed by atoms with E-state index < -0.39 is 28.6 Å². The quantitative estimate of drug-likeness (QED) is 0.332. The molecule has 4 aliphatic carbocycles. The molecule has 4 rings (SSSR count). The molecule has 0 heterocycles. The van der Waals surface area contributed by atoms with Crippen LogP contribution >= 0.6 is 12.0 Å². The van der Waals surface area contributed by atoms with Gasteiger partial charge in [0, 0.05) is 0 Å². The zero-order valence-corrected chi connectivity index (χ0v) is 13.7. The van der Waals surface area contributed by atoms with Crippen LogP contribution in [0, 0.1) is 17.8 Å². The van der Waals surface area contributed by atoms with E-state index >= 15 is 0 Å². The Bertz CT molecular complexity index is 499. The van der Waals surface area contributed by atoms with E-state index in [4.69, 9.17) is 9.99 Å². The van der Waals surface area contributed by atoms with Crippen molar-refractivity contribution in [1.82, 2.24) is 0 Å². The lowest BCUT2D eigenvalue weighted by atomic mass is 9.53. The summed E-state index contributed by atoms with van der Waals surface area (Å²) in [6.07, 6.45) is -2.51. The van der Waals surface area contributed by atoms with Crippen LogP contribution in [0.3, 0.4) is 0 Å². The maximum absolute atomic E-state index is 13.3. The van der Waals surface area contributed by atoms with E-state index in [9.17, 15) is 23.1 Å². The molecule has 24 heavy (non-hydrogen) atoms. The van der Waals surface area contributed by atoms with E-state index in [2.05, 4.69) is 9.37 Å². The molecule has 0 saturated heterocycles. The normalized spacial score (nSPS) is 40.4. The molecule has 6 nitrogen and oxygen atoms in total. The summed E-state index contributed by atoms with van der Waals surface area (Å²) in [6, 6.07) is 0. The Morgan fingerprint density at radius 3 is 2.29 bits per heavy atom. The van der Waals surface area contributed by atoms with Crippen molar-refractivity contribution in [1.29, 1.82) is 0 Å². The molecular weight excluding hydrogens is 353 g/mol. The summed E-state index contributed by atoms with van der Waals surface area (Å²) >= 11 is -0.353. The average Bonchev–Trinajstić information content (AvgIpc) is 2.47. The molecule has 0 aromatic carbocycles. The van der Waals surface area contributed by atoms with E-state index in [0.717, 1.165) is 12.8 Å². The maximum atomic E-state index is 13.3. The number of hydrogen-bond donors (Lipinski definition) is 2. The van der Waals surface area contributed by atoms with Gasteiger partial charge < -0.3 is 9.84 Å². The predicted molar refractivity (Wildman–Crippen MR) is 75.2 cm³/mol. The van der Waals surface area contributed by atoms with Gasteiger partial charge in [0.15, 0.2) is 0 Å². The summed E-state index contributed by atoms with van der Waals surface area (Å²) in [5.74, 6) is -1.29. The van der Waals surface area contributed by atoms with Crippen molar-refractivity contribution in [3.05, 3.63) is 0 Å². The first-order chi connectivity index (χ1) is 11.1. The molecule has 0 aromatic rings. The minimum Gasteiger partial charge on any atom is -0.458 e. The summed E-state index contributed by atoms with van der Waals surface area (Å²) in [4.78, 5) is 12.3. The zero-order valence-electron chi connectivity index (χ0n) is 12.9. The molecule has 0 aliphatic heterocycles. The van der Waals surface area contributed by atoms with E-state index in [1.807, 2.05) is 0 Å². The van der Waals surface area contributed by atoms with Crippen LogP contribution in [0.1, 0.15) is 39.0 Å². The fraction of sp³-hybridized carbons (Fsp3) is 0.929. The molecule has 138 valence electrons. The van der Waals surface area contributed by atoms with E-state index in [1.165, 1.54) is 0 Å². The van der Waals surface area contributed by atoms with Gasteiger partial charge in [0.25, 0.3) is 0 Å². The molecule has 0 spiro atoms. The highest BCUT2D eigenvalue weighted by Gasteiger charge is 2.64. The van der Waals surface area contributed by atoms with Gasteiger partial charge in [0.2, 0.25) is 4.75 Å². The first-order valence-corrected chi connectivity index (χ1v) is 8.48. The Balaban J connectivity index is 1.78. The molecule has 0 radical (unpaired) electrons. The monoisotopic (exact) mass is 372 g/mol. The van der Waals surface area contributed by atoms with Gasteiger partial charge in [-0.3, -0.25) is 4.79 Å². The van der Waals surface area contributed by atoms with Crippen molar-refractivity contribution in [2.24, 2.45) is 17.8 Å². The van der Waals surface area contributed by atoms with Crippen molar-refractivity contribution < 1.29 is 42.4 Å². The van der Waals surface area contributed by atoms with Gasteiger partial charge in [-0.2, -0.15) is 13.2 Å². The first kappa shape index (κ1) is 18.2. The zero-order chi connectivity index (χ0) is 17.8. The SMILES string of the molecule is CC(SOOO)(C(=O)OC12CC3CC(C1)C(O)C(C3)C2)C(F)(F)F. The van der Waals surface area contributed by atoms with Gasteiger partial charge in [0.05, 0.1) is 18.1 Å². The third-order valence-corrected chi connectivity index (χ3v) is 6.50. The third kappa shape index (κ3) is 2.92. The smallest absolute Gasteiger partial charge is 0.415 e. The van der Waals surface area contributed by atoms with Crippen molar-refractivity contribution in [2.75, 3.05) is 0 Å². The average molecular weight is 372 g/mol. The lowest BCUT2D eigenvalue weighted by Gasteiger charge is -2.58. The van der Waals surface area contributed by atoms with Gasteiger partial charge in [-0.05, 0) is 56.8 Å². The Morgan fingerprint density at radius 1 is 1.21 bits per heavy atom. The Morgan fingerprint density at radius 2 is 1.79 bits per heavy atom. The number of aliphatic hydroxyl groups is 1. The highest BCUT2D eigenvalue weighted by molar-refractivity contribution is 7.96. The fourth-order valence-corrected chi connectivity index (χ4v) is 4.99. The number of carbonyl (C=O) groups is 1. The Hall–Kier alpha value is -0.550. The topological polar surface area (TPSA) is 85.2 Å². The summed E-state index contributed by atoms with van der Waals surface area (Å²) in [6.45, 7) is 0.619. The molecular formula is C14H19F3O6S. The molecule has 2 N–H and O–H groups in total. The maximum Gasteiger partial charge on any atom is 0.415 e. The summed E-state index contributed by atoms with van der Waals surface area (Å²) in [7, 11) is 0. The molecule has 10 heteroatoms. The lowest BCUT2D eigenvalue weighted by Crippen LogP contribution is -2.60. The minimum atomic E-state index is -4.96. The van der Waals surface area contributed by atoms with Gasteiger partial charge in [-0.25, -0.2) is 5.26 Å². The standard InChI is InChI=1S/C14H19F3O6S/c1-12(14(15,16)17,24-23-22-20)11(19)21-13-4-7-2-8(5-13)10(18)9(3-7)6-13/h7-10,18,20H,2-6H2,1H3. The second-order valence-electron chi connectivity index (χ2n) is 7.29. The second kappa shape index (κ2) is 6.01. The van der Waals surface area contributed by atoms with Crippen LogP contribution in [-0.2, 0) is 18.9 Å². The third-order valence-electron chi connectivity index (χ3n) is 5.64. The highest BCUT2D eigenvalue weighted by Crippen LogP contribution is 2.58. The second-order valence-corrected chi connectivity index (χ2v) is 8.41. The number of carbonyl (C=O) groups excluding carboxylic acids is 1. The van der Waals surface area contributed by atoms with E-state index in [0.29, 0.717) is 26.2 Å². The number of halogens is 3. The molecule has 4 fully saturated rings. The van der Waals surface area contributed by atoms with Crippen LogP contribution in [0.25, 0.3) is 0 Å². The van der Waals surface area contributed by atoms with Gasteiger partial charge in [0.1, 0.15) is 5.60 Å². The number of hydrogen-bond acceptors (Lipinski definition) is 7. The van der Waals surface area contributed by atoms with Crippen LogP contribution in [0.4, 0.5) is 13.2 Å². The van der Waals surface area contributed by atoms with Crippen LogP contribution in [0.5, 0.6) is 0 Å². The Kier molecular flexibility index (Phi) is 4.57. The van der Waals surface area contributed by atoms with Crippen LogP contribution in [-0.4, -0.2) is 39.0 Å².